The average Bonchev–Trinajstić information content (AvgIpc) is 3.33. The predicted octanol–water partition coefficient (Wildman–Crippen LogP) is 8.16. The molecule has 0 spiro atoms. The monoisotopic (exact) mass is 598 g/mol. The van der Waals surface area contributed by atoms with Crippen LogP contribution in [0.25, 0.3) is 10.4 Å². The van der Waals surface area contributed by atoms with Crippen molar-refractivity contribution < 1.29 is 19.1 Å². The third-order valence-corrected chi connectivity index (χ3v) is 12.1. The molecule has 1 amide bonds. The van der Waals surface area contributed by atoms with E-state index in [1.165, 1.54) is 56.9 Å². The second-order valence-corrected chi connectivity index (χ2v) is 15.1. The van der Waals surface area contributed by atoms with E-state index in [4.69, 9.17) is 15.0 Å². The molecule has 0 aromatic rings. The Morgan fingerprint density at radius 2 is 1.88 bits per heavy atom. The minimum Gasteiger partial charge on any atom is -0.462 e. The number of nitrogens with zero attached hydrogens (tertiary/aromatic N) is 3. The summed E-state index contributed by atoms with van der Waals surface area (Å²) in [5.41, 5.74) is 10.5. The number of carbonyl (C=O) groups excluding carboxylic acids is 2. The van der Waals surface area contributed by atoms with Crippen LogP contribution in [-0.4, -0.2) is 44.3 Å². The molecular weight excluding hydrogens is 540 g/mol. The molecule has 0 unspecified atom stereocenters. The minimum atomic E-state index is -0.281. The SMILES string of the molecule is CC(C)CCC[C@@H](C)[C@H]1CC[C@H]2[C@@H]3CC=C4C[C@@H](OC(=O)CCC(=O)NCCOCCN=[N+]=[N-])CC[C@]4(C)[C@H]3CC[C@]12C. The number of ether oxygens (including phenoxy) is 2. The summed E-state index contributed by atoms with van der Waals surface area (Å²) in [5, 5.41) is 6.15. The lowest BCUT2D eigenvalue weighted by Gasteiger charge is -2.58. The van der Waals surface area contributed by atoms with Crippen molar-refractivity contribution in [3.8, 4) is 0 Å². The van der Waals surface area contributed by atoms with Gasteiger partial charge in [0.15, 0.2) is 0 Å². The molecule has 0 bridgehead atoms. The normalized spacial score (nSPS) is 33.8. The van der Waals surface area contributed by atoms with E-state index >= 15 is 0 Å². The largest absolute Gasteiger partial charge is 0.462 e. The van der Waals surface area contributed by atoms with Crippen molar-refractivity contribution in [3.63, 3.8) is 0 Å². The van der Waals surface area contributed by atoms with Crippen molar-refractivity contribution in [2.75, 3.05) is 26.3 Å². The number of hydrogen-bond acceptors (Lipinski definition) is 5. The summed E-state index contributed by atoms with van der Waals surface area (Å²) in [6.45, 7) is 13.7. The molecular formula is C35H58N4O4. The van der Waals surface area contributed by atoms with Crippen LogP contribution in [0.1, 0.15) is 118 Å². The molecule has 8 atom stereocenters. The van der Waals surface area contributed by atoms with E-state index in [1.807, 2.05) is 0 Å². The van der Waals surface area contributed by atoms with E-state index in [0.717, 1.165) is 54.8 Å². The van der Waals surface area contributed by atoms with Crippen LogP contribution in [0.15, 0.2) is 16.8 Å². The first kappa shape index (κ1) is 33.8. The molecule has 1 N–H and O–H groups in total. The Balaban J connectivity index is 1.24. The minimum absolute atomic E-state index is 0.0766. The van der Waals surface area contributed by atoms with Crippen LogP contribution in [0.3, 0.4) is 0 Å². The van der Waals surface area contributed by atoms with Gasteiger partial charge in [-0.25, -0.2) is 0 Å². The molecule has 4 rings (SSSR count). The molecule has 242 valence electrons. The summed E-state index contributed by atoms with van der Waals surface area (Å²) in [6, 6.07) is 0. The topological polar surface area (TPSA) is 113 Å². The van der Waals surface area contributed by atoms with Gasteiger partial charge in [0.05, 0.1) is 19.6 Å². The van der Waals surface area contributed by atoms with Gasteiger partial charge in [0.2, 0.25) is 5.91 Å². The van der Waals surface area contributed by atoms with Crippen molar-refractivity contribution in [2.24, 2.45) is 51.5 Å². The van der Waals surface area contributed by atoms with Gasteiger partial charge < -0.3 is 14.8 Å². The molecule has 43 heavy (non-hydrogen) atoms. The Morgan fingerprint density at radius 1 is 1.07 bits per heavy atom. The molecule has 0 aromatic heterocycles. The highest BCUT2D eigenvalue weighted by Gasteiger charge is 2.59. The number of rotatable bonds is 15. The third kappa shape index (κ3) is 8.16. The average molecular weight is 599 g/mol. The fraction of sp³-hybridized carbons (Fsp3) is 0.886. The maximum absolute atomic E-state index is 12.6. The van der Waals surface area contributed by atoms with Crippen LogP contribution in [0.5, 0.6) is 0 Å². The van der Waals surface area contributed by atoms with E-state index in [2.05, 4.69) is 56.0 Å². The summed E-state index contributed by atoms with van der Waals surface area (Å²) < 4.78 is 11.2. The fourth-order valence-electron chi connectivity index (χ4n) is 9.82. The quantitative estimate of drug-likeness (QED) is 0.0511. The maximum Gasteiger partial charge on any atom is 0.306 e. The van der Waals surface area contributed by atoms with E-state index in [0.29, 0.717) is 25.2 Å². The fourth-order valence-corrected chi connectivity index (χ4v) is 9.82. The Bertz CT molecular complexity index is 1040. The number of hydrogen-bond donors (Lipinski definition) is 1. The first-order valence-electron chi connectivity index (χ1n) is 17.3. The predicted molar refractivity (Wildman–Crippen MR) is 170 cm³/mol. The highest BCUT2D eigenvalue weighted by atomic mass is 16.5. The number of esters is 1. The van der Waals surface area contributed by atoms with E-state index in [1.54, 1.807) is 0 Å². The Kier molecular flexibility index (Phi) is 12.0. The molecule has 4 aliphatic rings. The summed E-state index contributed by atoms with van der Waals surface area (Å²) in [5.74, 6) is 4.46. The van der Waals surface area contributed by atoms with Crippen LogP contribution in [0.2, 0.25) is 0 Å². The van der Waals surface area contributed by atoms with Gasteiger partial charge in [0.1, 0.15) is 6.10 Å². The Morgan fingerprint density at radius 3 is 2.65 bits per heavy atom. The zero-order valence-corrected chi connectivity index (χ0v) is 27.6. The summed E-state index contributed by atoms with van der Waals surface area (Å²) in [7, 11) is 0. The van der Waals surface area contributed by atoms with Gasteiger partial charge in [-0.05, 0) is 96.8 Å². The first-order chi connectivity index (χ1) is 20.6. The summed E-state index contributed by atoms with van der Waals surface area (Å²) in [4.78, 5) is 27.4. The van der Waals surface area contributed by atoms with Crippen LogP contribution in [-0.2, 0) is 19.1 Å². The van der Waals surface area contributed by atoms with Crippen LogP contribution < -0.4 is 5.32 Å². The molecule has 3 fully saturated rings. The maximum atomic E-state index is 12.6. The number of allylic oxidation sites excluding steroid dienone is 1. The van der Waals surface area contributed by atoms with Gasteiger partial charge in [0.25, 0.3) is 0 Å². The van der Waals surface area contributed by atoms with Gasteiger partial charge in [-0.3, -0.25) is 9.59 Å². The summed E-state index contributed by atoms with van der Waals surface area (Å²) in [6.07, 6.45) is 16.4. The number of fused-ring (bicyclic) bond motifs is 5. The molecule has 8 nitrogen and oxygen atoms in total. The second kappa shape index (κ2) is 15.3. The van der Waals surface area contributed by atoms with Gasteiger partial charge in [0, 0.05) is 30.8 Å². The lowest BCUT2D eigenvalue weighted by Crippen LogP contribution is -2.51. The van der Waals surface area contributed by atoms with Crippen molar-refractivity contribution in [3.05, 3.63) is 22.1 Å². The van der Waals surface area contributed by atoms with E-state index in [9.17, 15) is 9.59 Å². The lowest BCUT2D eigenvalue weighted by atomic mass is 9.47. The van der Waals surface area contributed by atoms with Gasteiger partial charge >= 0.3 is 5.97 Å². The zero-order valence-electron chi connectivity index (χ0n) is 27.6. The van der Waals surface area contributed by atoms with Crippen LogP contribution in [0, 0.1) is 46.3 Å². The molecule has 8 heteroatoms. The van der Waals surface area contributed by atoms with Gasteiger partial charge in [-0.1, -0.05) is 70.6 Å². The highest BCUT2D eigenvalue weighted by molar-refractivity contribution is 5.81. The van der Waals surface area contributed by atoms with Crippen molar-refractivity contribution in [1.29, 1.82) is 0 Å². The Labute approximate surface area is 260 Å². The number of nitrogens with one attached hydrogen (secondary N) is 1. The van der Waals surface area contributed by atoms with Crippen LogP contribution >= 0.6 is 0 Å². The molecule has 0 aromatic carbocycles. The van der Waals surface area contributed by atoms with Crippen molar-refractivity contribution >= 4 is 11.9 Å². The first-order valence-corrected chi connectivity index (χ1v) is 17.3. The molecule has 0 radical (unpaired) electrons. The van der Waals surface area contributed by atoms with Crippen LogP contribution in [0.4, 0.5) is 0 Å². The zero-order chi connectivity index (χ0) is 31.0. The van der Waals surface area contributed by atoms with E-state index < -0.39 is 0 Å². The lowest BCUT2D eigenvalue weighted by molar-refractivity contribution is -0.152. The van der Waals surface area contributed by atoms with Gasteiger partial charge in [-0.15, -0.1) is 0 Å². The van der Waals surface area contributed by atoms with Crippen molar-refractivity contribution in [2.45, 2.75) is 124 Å². The van der Waals surface area contributed by atoms with Gasteiger partial charge in [-0.2, -0.15) is 0 Å². The number of amides is 1. The second-order valence-electron chi connectivity index (χ2n) is 15.1. The molecule has 4 aliphatic carbocycles. The number of azide groups is 1. The smallest absolute Gasteiger partial charge is 0.306 e. The van der Waals surface area contributed by atoms with E-state index in [-0.39, 0.29) is 42.8 Å². The standard InChI is InChI=1S/C35H58N4O4/c1-24(2)7-6-8-25(3)29-11-12-30-28-10-9-26-23-27(15-17-34(26,4)31(28)16-18-35(29,30)5)43-33(41)14-13-32(40)37-19-21-42-22-20-38-39-36/h9,24-25,27-31H,6-8,10-23H2,1-5H3,(H,37,40)/t25-,27+,28+,29-,30+,31+,34+,35-/m1/s1. The highest BCUT2D eigenvalue weighted by Crippen LogP contribution is 2.67. The molecule has 0 saturated heterocycles. The summed E-state index contributed by atoms with van der Waals surface area (Å²) >= 11 is 0. The van der Waals surface area contributed by atoms with Crippen molar-refractivity contribution in [1.82, 2.24) is 5.32 Å². The Hall–Kier alpha value is -2.05. The third-order valence-electron chi connectivity index (χ3n) is 12.1. The molecule has 0 heterocycles. The molecule has 3 saturated carbocycles. The molecule has 0 aliphatic heterocycles. The number of carbonyl (C=O) groups is 2.